The van der Waals surface area contributed by atoms with Crippen molar-refractivity contribution in [1.29, 1.82) is 0 Å². The van der Waals surface area contributed by atoms with E-state index in [9.17, 15) is 0 Å². The van der Waals surface area contributed by atoms with Gasteiger partial charge in [-0.2, -0.15) is 0 Å². The van der Waals surface area contributed by atoms with E-state index in [0.717, 1.165) is 0 Å². The highest BCUT2D eigenvalue weighted by molar-refractivity contribution is 5.24. The second kappa shape index (κ2) is 5.93. The number of benzene rings is 1. The third-order valence-electron chi connectivity index (χ3n) is 1.48. The normalized spacial score (nSPS) is 8.36. The molecule has 0 saturated carbocycles. The Morgan fingerprint density at radius 1 is 1.18 bits per heavy atom. The molecule has 2 N–H and O–H groups in total. The van der Waals surface area contributed by atoms with Crippen LogP contribution in [0.15, 0.2) is 24.3 Å². The molecule has 0 aliphatic carbocycles. The zero-order valence-corrected chi connectivity index (χ0v) is 7.59. The fourth-order valence-electron chi connectivity index (χ4n) is 0.839. The van der Waals surface area contributed by atoms with Gasteiger partial charge in [0.2, 0.25) is 0 Å². The van der Waals surface area contributed by atoms with Crippen molar-refractivity contribution in [2.45, 2.75) is 27.3 Å². The summed E-state index contributed by atoms with van der Waals surface area (Å²) in [7, 11) is 0. The molecule has 0 radical (unpaired) electrons. The summed E-state index contributed by atoms with van der Waals surface area (Å²) in [5.74, 6) is 0. The lowest BCUT2D eigenvalue weighted by molar-refractivity contribution is 1.05. The van der Waals surface area contributed by atoms with Crippen molar-refractivity contribution in [3.05, 3.63) is 35.4 Å². The average Bonchev–Trinajstić information content (AvgIpc) is 2.09. The second-order valence-corrected chi connectivity index (χ2v) is 2.13. The zero-order chi connectivity index (χ0) is 8.69. The first-order chi connectivity index (χ1) is 5.34. The molecule has 1 aromatic rings. The monoisotopic (exact) mass is 151 g/mol. The summed E-state index contributed by atoms with van der Waals surface area (Å²) >= 11 is 0. The number of nitrogens with two attached hydrogens (primary N) is 1. The van der Waals surface area contributed by atoms with E-state index in [1.165, 1.54) is 11.1 Å². The minimum absolute atomic E-state index is 0.646. The van der Waals surface area contributed by atoms with Crippen molar-refractivity contribution >= 4 is 0 Å². The van der Waals surface area contributed by atoms with E-state index in [0.29, 0.717) is 6.54 Å². The smallest absolute Gasteiger partial charge is 0.0180 e. The minimum atomic E-state index is 0.646. The summed E-state index contributed by atoms with van der Waals surface area (Å²) < 4.78 is 0. The molecule has 1 aromatic carbocycles. The van der Waals surface area contributed by atoms with E-state index in [1.807, 2.05) is 26.0 Å². The van der Waals surface area contributed by atoms with Gasteiger partial charge in [0, 0.05) is 6.54 Å². The van der Waals surface area contributed by atoms with Gasteiger partial charge in [-0.1, -0.05) is 38.1 Å². The molecule has 0 bridgehead atoms. The largest absolute Gasteiger partial charge is 0.326 e. The van der Waals surface area contributed by atoms with Crippen molar-refractivity contribution in [2.75, 3.05) is 0 Å². The van der Waals surface area contributed by atoms with Gasteiger partial charge in [-0.05, 0) is 18.1 Å². The van der Waals surface area contributed by atoms with Crippen LogP contribution in [0.25, 0.3) is 0 Å². The summed E-state index contributed by atoms with van der Waals surface area (Å²) in [6, 6.07) is 8.15. The first-order valence-electron chi connectivity index (χ1n) is 4.09. The third kappa shape index (κ3) is 3.19. The molecule has 11 heavy (non-hydrogen) atoms. The Balaban J connectivity index is 0.000000461. The van der Waals surface area contributed by atoms with Crippen molar-refractivity contribution in [3.63, 3.8) is 0 Å². The lowest BCUT2D eigenvalue weighted by Crippen LogP contribution is -1.97. The number of hydrogen-bond acceptors (Lipinski definition) is 1. The van der Waals surface area contributed by atoms with Crippen LogP contribution in [0, 0.1) is 6.92 Å². The van der Waals surface area contributed by atoms with Crippen LogP contribution < -0.4 is 5.73 Å². The maximum atomic E-state index is 5.45. The van der Waals surface area contributed by atoms with E-state index in [2.05, 4.69) is 19.1 Å². The Morgan fingerprint density at radius 2 is 1.73 bits per heavy atom. The first-order valence-corrected chi connectivity index (χ1v) is 4.09. The summed E-state index contributed by atoms with van der Waals surface area (Å²) in [6.07, 6.45) is 0. The van der Waals surface area contributed by atoms with E-state index in [4.69, 9.17) is 5.73 Å². The summed E-state index contributed by atoms with van der Waals surface area (Å²) in [5, 5.41) is 0. The average molecular weight is 151 g/mol. The molecule has 0 heterocycles. The molecule has 0 aliphatic heterocycles. The van der Waals surface area contributed by atoms with E-state index in [-0.39, 0.29) is 0 Å². The molecule has 0 aliphatic rings. The van der Waals surface area contributed by atoms with Crippen molar-refractivity contribution < 1.29 is 0 Å². The van der Waals surface area contributed by atoms with Gasteiger partial charge in [0.15, 0.2) is 0 Å². The van der Waals surface area contributed by atoms with E-state index < -0.39 is 0 Å². The molecule has 1 rings (SSSR count). The van der Waals surface area contributed by atoms with E-state index >= 15 is 0 Å². The molecule has 0 amide bonds. The van der Waals surface area contributed by atoms with Gasteiger partial charge in [0.05, 0.1) is 0 Å². The van der Waals surface area contributed by atoms with Gasteiger partial charge < -0.3 is 5.73 Å². The van der Waals surface area contributed by atoms with Crippen LogP contribution in [-0.4, -0.2) is 0 Å². The van der Waals surface area contributed by atoms with Gasteiger partial charge in [-0.3, -0.25) is 0 Å². The molecular weight excluding hydrogens is 134 g/mol. The van der Waals surface area contributed by atoms with Gasteiger partial charge in [0.1, 0.15) is 0 Å². The van der Waals surface area contributed by atoms with Crippen molar-refractivity contribution in [2.24, 2.45) is 5.73 Å². The predicted octanol–water partition coefficient (Wildman–Crippen LogP) is 2.48. The SMILES string of the molecule is CC.Cc1ccccc1CN. The standard InChI is InChI=1S/C8H11N.C2H6/c1-7-4-2-3-5-8(7)6-9;1-2/h2-5H,6,9H2,1H3;1-2H3. The Labute approximate surface area is 69.2 Å². The van der Waals surface area contributed by atoms with Gasteiger partial charge in [-0.15, -0.1) is 0 Å². The van der Waals surface area contributed by atoms with Crippen LogP contribution in [-0.2, 0) is 6.54 Å². The van der Waals surface area contributed by atoms with Crippen LogP contribution in [0.3, 0.4) is 0 Å². The molecule has 0 spiro atoms. The molecular formula is C10H17N. The van der Waals surface area contributed by atoms with Crippen LogP contribution in [0.5, 0.6) is 0 Å². The van der Waals surface area contributed by atoms with Crippen LogP contribution >= 0.6 is 0 Å². The van der Waals surface area contributed by atoms with Crippen LogP contribution in [0.1, 0.15) is 25.0 Å². The quantitative estimate of drug-likeness (QED) is 0.655. The molecule has 0 aromatic heterocycles. The highest BCUT2D eigenvalue weighted by atomic mass is 14.5. The number of hydrogen-bond donors (Lipinski definition) is 1. The van der Waals surface area contributed by atoms with Gasteiger partial charge in [-0.25, -0.2) is 0 Å². The highest BCUT2D eigenvalue weighted by Crippen LogP contribution is 2.04. The fourth-order valence-corrected chi connectivity index (χ4v) is 0.839. The van der Waals surface area contributed by atoms with Crippen molar-refractivity contribution in [1.82, 2.24) is 0 Å². The molecule has 0 unspecified atom stereocenters. The summed E-state index contributed by atoms with van der Waals surface area (Å²) in [4.78, 5) is 0. The Kier molecular flexibility index (Phi) is 5.49. The van der Waals surface area contributed by atoms with Gasteiger partial charge >= 0.3 is 0 Å². The summed E-state index contributed by atoms with van der Waals surface area (Å²) in [6.45, 7) is 6.72. The van der Waals surface area contributed by atoms with Crippen molar-refractivity contribution in [3.8, 4) is 0 Å². The van der Waals surface area contributed by atoms with Crippen LogP contribution in [0.4, 0.5) is 0 Å². The zero-order valence-electron chi connectivity index (χ0n) is 7.59. The Bertz CT molecular complexity index is 194. The molecule has 0 atom stereocenters. The highest BCUT2D eigenvalue weighted by Gasteiger charge is 1.89. The number of rotatable bonds is 1. The predicted molar refractivity (Wildman–Crippen MR) is 50.4 cm³/mol. The fraction of sp³-hybridized carbons (Fsp3) is 0.400. The van der Waals surface area contributed by atoms with E-state index in [1.54, 1.807) is 0 Å². The molecule has 0 fully saturated rings. The maximum Gasteiger partial charge on any atom is 0.0180 e. The third-order valence-corrected chi connectivity index (χ3v) is 1.48. The lowest BCUT2D eigenvalue weighted by atomic mass is 10.1. The van der Waals surface area contributed by atoms with Crippen LogP contribution in [0.2, 0.25) is 0 Å². The number of aryl methyl sites for hydroxylation is 1. The molecule has 0 saturated heterocycles. The molecule has 62 valence electrons. The maximum absolute atomic E-state index is 5.45. The summed E-state index contributed by atoms with van der Waals surface area (Å²) in [5.41, 5.74) is 7.96. The Hall–Kier alpha value is -0.820. The topological polar surface area (TPSA) is 26.0 Å². The molecule has 1 heteroatoms. The molecule has 1 nitrogen and oxygen atoms in total. The minimum Gasteiger partial charge on any atom is -0.326 e. The second-order valence-electron chi connectivity index (χ2n) is 2.13. The first kappa shape index (κ1) is 10.2. The lowest BCUT2D eigenvalue weighted by Gasteiger charge is -1.98. The van der Waals surface area contributed by atoms with Gasteiger partial charge in [0.25, 0.3) is 0 Å². The Morgan fingerprint density at radius 3 is 2.09 bits per heavy atom.